The number of amides is 2. The van der Waals surface area contributed by atoms with Gasteiger partial charge in [0.1, 0.15) is 11.5 Å². The summed E-state index contributed by atoms with van der Waals surface area (Å²) in [4.78, 5) is 21.2. The van der Waals surface area contributed by atoms with Crippen LogP contribution in [0, 0.1) is 19.7 Å². The minimum atomic E-state index is -0.487. The number of rotatable bonds is 5. The molecule has 0 unspecified atom stereocenters. The molecule has 2 aromatic carbocycles. The van der Waals surface area contributed by atoms with Gasteiger partial charge in [0.25, 0.3) is 0 Å². The first-order valence-electron chi connectivity index (χ1n) is 11.2. The molecular weight excluding hydrogens is 453 g/mol. The molecule has 1 aliphatic rings. The standard InChI is InChI=1S/C23H24FN9O2/c1-15-3-5-17(6-4-15)22-26-21(35-28-22)14-31-9-11-32(12-10-31)23(34)25-18-7-8-19(24)20(13-18)33-16(2)27-29-30-33/h3-8,13H,9-12,14H2,1-2H3,(H,25,34). The molecule has 4 aromatic rings. The van der Waals surface area contributed by atoms with E-state index in [-0.39, 0.29) is 11.7 Å². The molecule has 2 aromatic heterocycles. The maximum atomic E-state index is 14.3. The average molecular weight is 478 g/mol. The fraction of sp³-hybridized carbons (Fsp3) is 0.304. The van der Waals surface area contributed by atoms with Crippen molar-refractivity contribution in [2.75, 3.05) is 31.5 Å². The maximum absolute atomic E-state index is 14.3. The van der Waals surface area contributed by atoms with Crippen LogP contribution >= 0.6 is 0 Å². The highest BCUT2D eigenvalue weighted by atomic mass is 19.1. The van der Waals surface area contributed by atoms with Crippen LogP contribution in [0.1, 0.15) is 17.3 Å². The van der Waals surface area contributed by atoms with Crippen molar-refractivity contribution in [2.45, 2.75) is 20.4 Å². The minimum Gasteiger partial charge on any atom is -0.338 e. The number of nitrogens with one attached hydrogen (secondary N) is 1. The molecule has 0 aliphatic carbocycles. The lowest BCUT2D eigenvalue weighted by atomic mass is 10.1. The second-order valence-electron chi connectivity index (χ2n) is 8.38. The summed E-state index contributed by atoms with van der Waals surface area (Å²) in [6.45, 7) is 6.60. The van der Waals surface area contributed by atoms with Crippen molar-refractivity contribution in [1.82, 2.24) is 40.1 Å². The lowest BCUT2D eigenvalue weighted by Gasteiger charge is -2.33. The van der Waals surface area contributed by atoms with Gasteiger partial charge in [0.15, 0.2) is 5.82 Å². The fourth-order valence-corrected chi connectivity index (χ4v) is 3.85. The molecular formula is C23H24FN9O2. The van der Waals surface area contributed by atoms with Crippen LogP contribution in [0.15, 0.2) is 47.0 Å². The van der Waals surface area contributed by atoms with E-state index in [4.69, 9.17) is 4.52 Å². The van der Waals surface area contributed by atoms with Crippen LogP contribution in [-0.4, -0.2) is 72.4 Å². The van der Waals surface area contributed by atoms with Crippen LogP contribution in [0.25, 0.3) is 17.1 Å². The molecule has 1 fully saturated rings. The monoisotopic (exact) mass is 477 g/mol. The Morgan fingerprint density at radius 3 is 2.57 bits per heavy atom. The molecule has 0 bridgehead atoms. The van der Waals surface area contributed by atoms with Crippen molar-refractivity contribution in [3.05, 3.63) is 65.6 Å². The average Bonchev–Trinajstić information content (AvgIpc) is 3.50. The lowest BCUT2D eigenvalue weighted by molar-refractivity contribution is 0.133. The molecule has 12 heteroatoms. The number of hydrogen-bond donors (Lipinski definition) is 1. The third-order valence-electron chi connectivity index (χ3n) is 5.85. The third-order valence-corrected chi connectivity index (χ3v) is 5.85. The van der Waals surface area contributed by atoms with Crippen LogP contribution in [0.3, 0.4) is 0 Å². The second kappa shape index (κ2) is 9.58. The van der Waals surface area contributed by atoms with Crippen LogP contribution in [0.4, 0.5) is 14.9 Å². The summed E-state index contributed by atoms with van der Waals surface area (Å²) in [6, 6.07) is 12.0. The summed E-state index contributed by atoms with van der Waals surface area (Å²) in [5, 5.41) is 18.0. The van der Waals surface area contributed by atoms with Gasteiger partial charge in [0.2, 0.25) is 11.7 Å². The number of benzene rings is 2. The highest BCUT2D eigenvalue weighted by Crippen LogP contribution is 2.20. The van der Waals surface area contributed by atoms with E-state index in [1.807, 2.05) is 31.2 Å². The van der Waals surface area contributed by atoms with E-state index in [2.05, 4.69) is 35.9 Å². The number of halogens is 1. The summed E-state index contributed by atoms with van der Waals surface area (Å²) < 4.78 is 21.0. The molecule has 5 rings (SSSR count). The van der Waals surface area contributed by atoms with E-state index in [9.17, 15) is 9.18 Å². The van der Waals surface area contributed by atoms with Gasteiger partial charge < -0.3 is 14.7 Å². The van der Waals surface area contributed by atoms with Gasteiger partial charge in [0, 0.05) is 37.4 Å². The lowest BCUT2D eigenvalue weighted by Crippen LogP contribution is -2.49. The molecule has 0 radical (unpaired) electrons. The zero-order valence-electron chi connectivity index (χ0n) is 19.3. The molecule has 35 heavy (non-hydrogen) atoms. The Morgan fingerprint density at radius 2 is 1.86 bits per heavy atom. The minimum absolute atomic E-state index is 0.166. The Kier molecular flexibility index (Phi) is 6.19. The Morgan fingerprint density at radius 1 is 1.09 bits per heavy atom. The summed E-state index contributed by atoms with van der Waals surface area (Å²) in [5.41, 5.74) is 2.70. The van der Waals surface area contributed by atoms with Crippen molar-refractivity contribution in [1.29, 1.82) is 0 Å². The van der Waals surface area contributed by atoms with Crippen molar-refractivity contribution >= 4 is 11.7 Å². The number of aromatic nitrogens is 6. The topological polar surface area (TPSA) is 118 Å². The van der Waals surface area contributed by atoms with Gasteiger partial charge in [0.05, 0.1) is 6.54 Å². The normalized spacial score (nSPS) is 14.3. The van der Waals surface area contributed by atoms with Crippen molar-refractivity contribution in [3.63, 3.8) is 0 Å². The molecule has 1 aliphatic heterocycles. The van der Waals surface area contributed by atoms with Gasteiger partial charge in [-0.1, -0.05) is 35.0 Å². The Balaban J connectivity index is 1.16. The van der Waals surface area contributed by atoms with Crippen LogP contribution in [0.5, 0.6) is 0 Å². The Bertz CT molecular complexity index is 1330. The number of carbonyl (C=O) groups excluding carboxylic acids is 1. The number of carbonyl (C=O) groups is 1. The predicted molar refractivity (Wildman–Crippen MR) is 124 cm³/mol. The number of nitrogens with zero attached hydrogens (tertiary/aromatic N) is 8. The van der Waals surface area contributed by atoms with Gasteiger partial charge in [-0.3, -0.25) is 4.90 Å². The largest absolute Gasteiger partial charge is 0.338 e. The van der Waals surface area contributed by atoms with E-state index < -0.39 is 5.82 Å². The molecule has 180 valence electrons. The van der Waals surface area contributed by atoms with Crippen LogP contribution < -0.4 is 5.32 Å². The first kappa shape index (κ1) is 22.6. The number of piperazine rings is 1. The molecule has 0 saturated carbocycles. The van der Waals surface area contributed by atoms with E-state index in [0.717, 1.165) is 5.56 Å². The number of urea groups is 1. The molecule has 3 heterocycles. The van der Waals surface area contributed by atoms with E-state index in [0.29, 0.717) is 56.0 Å². The quantitative estimate of drug-likeness (QED) is 0.466. The van der Waals surface area contributed by atoms with Crippen LogP contribution in [-0.2, 0) is 6.54 Å². The number of tetrazole rings is 1. The highest BCUT2D eigenvalue weighted by Gasteiger charge is 2.23. The Labute approximate surface area is 200 Å². The van der Waals surface area contributed by atoms with Crippen molar-refractivity contribution in [2.24, 2.45) is 0 Å². The SMILES string of the molecule is Cc1ccc(-c2noc(CN3CCN(C(=O)Nc4ccc(F)c(-n5nnnc5C)c4)CC3)n2)cc1. The molecule has 1 saturated heterocycles. The smallest absolute Gasteiger partial charge is 0.321 e. The molecule has 0 spiro atoms. The summed E-state index contributed by atoms with van der Waals surface area (Å²) in [5.74, 6) is 1.05. The third kappa shape index (κ3) is 5.01. The predicted octanol–water partition coefficient (Wildman–Crippen LogP) is 2.82. The zero-order valence-corrected chi connectivity index (χ0v) is 19.3. The van der Waals surface area contributed by atoms with Crippen LogP contribution in [0.2, 0.25) is 0 Å². The van der Waals surface area contributed by atoms with Gasteiger partial charge in [-0.15, -0.1) is 5.10 Å². The first-order chi connectivity index (χ1) is 17.0. The highest BCUT2D eigenvalue weighted by molar-refractivity contribution is 5.89. The molecule has 1 N–H and O–H groups in total. The summed E-state index contributed by atoms with van der Waals surface area (Å²) >= 11 is 0. The summed E-state index contributed by atoms with van der Waals surface area (Å²) in [6.07, 6.45) is 0. The van der Waals surface area contributed by atoms with Crippen molar-refractivity contribution in [3.8, 4) is 17.1 Å². The number of aryl methyl sites for hydroxylation is 2. The van der Waals surface area contributed by atoms with Gasteiger partial charge in [-0.2, -0.15) is 9.67 Å². The van der Waals surface area contributed by atoms with Crippen molar-refractivity contribution < 1.29 is 13.7 Å². The van der Waals surface area contributed by atoms with E-state index in [1.54, 1.807) is 11.8 Å². The second-order valence-corrected chi connectivity index (χ2v) is 8.38. The zero-order chi connectivity index (χ0) is 24.4. The Hall–Kier alpha value is -4.19. The maximum Gasteiger partial charge on any atom is 0.321 e. The van der Waals surface area contributed by atoms with Gasteiger partial charge in [-0.05, 0) is 42.5 Å². The van der Waals surface area contributed by atoms with E-state index in [1.165, 1.54) is 28.4 Å². The number of hydrogen-bond acceptors (Lipinski definition) is 8. The molecule has 11 nitrogen and oxygen atoms in total. The van der Waals surface area contributed by atoms with Gasteiger partial charge in [-0.25, -0.2) is 9.18 Å². The first-order valence-corrected chi connectivity index (χ1v) is 11.2. The van der Waals surface area contributed by atoms with Gasteiger partial charge >= 0.3 is 6.03 Å². The molecule has 0 atom stereocenters. The summed E-state index contributed by atoms with van der Waals surface area (Å²) in [7, 11) is 0. The molecule has 2 amide bonds. The fourth-order valence-electron chi connectivity index (χ4n) is 3.85. The number of anilines is 1. The van der Waals surface area contributed by atoms with E-state index >= 15 is 0 Å².